The Balaban J connectivity index is 2.08. The third-order valence-corrected chi connectivity index (χ3v) is 2.76. The van der Waals surface area contributed by atoms with Crippen LogP contribution in [0.15, 0.2) is 36.7 Å². The largest absolute Gasteiger partial charge is 0.489 e. The summed E-state index contributed by atoms with van der Waals surface area (Å²) in [5.74, 6) is -0.0497. The van der Waals surface area contributed by atoms with E-state index in [-0.39, 0.29) is 10.6 Å². The molecular formula is C14H13FN2OS. The molecule has 2 aromatic rings. The first-order chi connectivity index (χ1) is 9.06. The van der Waals surface area contributed by atoms with Gasteiger partial charge in [-0.2, -0.15) is 0 Å². The molecule has 0 spiro atoms. The van der Waals surface area contributed by atoms with Crippen molar-refractivity contribution in [3.63, 3.8) is 0 Å². The van der Waals surface area contributed by atoms with Crippen LogP contribution in [-0.4, -0.2) is 9.97 Å². The Morgan fingerprint density at radius 2 is 2.16 bits per heavy atom. The molecule has 0 bridgehead atoms. The van der Waals surface area contributed by atoms with E-state index in [1.54, 1.807) is 18.5 Å². The monoisotopic (exact) mass is 276 g/mol. The number of aromatic nitrogens is 1. The molecule has 0 amide bonds. The lowest BCUT2D eigenvalue weighted by Crippen LogP contribution is -2.11. The minimum Gasteiger partial charge on any atom is -0.489 e. The van der Waals surface area contributed by atoms with E-state index in [9.17, 15) is 4.39 Å². The summed E-state index contributed by atoms with van der Waals surface area (Å²) in [6.45, 7) is 2.29. The molecule has 0 fully saturated rings. The van der Waals surface area contributed by atoms with E-state index >= 15 is 0 Å². The molecule has 0 radical (unpaired) electrons. The topological polar surface area (TPSA) is 48.1 Å². The Kier molecular flexibility index (Phi) is 4.06. The van der Waals surface area contributed by atoms with Crippen LogP contribution < -0.4 is 10.5 Å². The quantitative estimate of drug-likeness (QED) is 0.872. The highest BCUT2D eigenvalue weighted by molar-refractivity contribution is 7.80. The van der Waals surface area contributed by atoms with E-state index in [0.29, 0.717) is 12.4 Å². The predicted molar refractivity (Wildman–Crippen MR) is 75.6 cm³/mol. The molecule has 0 saturated heterocycles. The number of nitrogens with two attached hydrogens (primary N) is 1. The molecule has 19 heavy (non-hydrogen) atoms. The van der Waals surface area contributed by atoms with Crippen molar-refractivity contribution in [2.75, 3.05) is 0 Å². The zero-order valence-electron chi connectivity index (χ0n) is 10.4. The first kappa shape index (κ1) is 13.4. The van der Waals surface area contributed by atoms with Crippen molar-refractivity contribution in [3.8, 4) is 5.75 Å². The van der Waals surface area contributed by atoms with Gasteiger partial charge in [-0.05, 0) is 30.7 Å². The highest BCUT2D eigenvalue weighted by atomic mass is 32.1. The van der Waals surface area contributed by atoms with Gasteiger partial charge in [0, 0.05) is 29.6 Å². The second kappa shape index (κ2) is 5.75. The fraction of sp³-hybridized carbons (Fsp3) is 0.143. The Hall–Kier alpha value is -2.01. The van der Waals surface area contributed by atoms with Crippen LogP contribution in [-0.2, 0) is 6.61 Å². The highest BCUT2D eigenvalue weighted by Crippen LogP contribution is 2.18. The fourth-order valence-corrected chi connectivity index (χ4v) is 1.81. The number of halogens is 1. The van der Waals surface area contributed by atoms with Gasteiger partial charge in [-0.3, -0.25) is 4.98 Å². The van der Waals surface area contributed by atoms with Gasteiger partial charge in [0.05, 0.1) is 0 Å². The van der Waals surface area contributed by atoms with E-state index in [0.717, 1.165) is 11.1 Å². The second-order valence-electron chi connectivity index (χ2n) is 4.17. The summed E-state index contributed by atoms with van der Waals surface area (Å²) in [4.78, 5) is 4.10. The molecule has 5 heteroatoms. The smallest absolute Gasteiger partial charge is 0.137 e. The van der Waals surface area contributed by atoms with Gasteiger partial charge in [-0.15, -0.1) is 0 Å². The Bertz CT molecular complexity index is 616. The number of pyridine rings is 1. The molecule has 1 heterocycles. The summed E-state index contributed by atoms with van der Waals surface area (Å²) in [7, 11) is 0. The first-order valence-electron chi connectivity index (χ1n) is 5.69. The van der Waals surface area contributed by atoms with Crippen LogP contribution in [0.3, 0.4) is 0 Å². The summed E-state index contributed by atoms with van der Waals surface area (Å²) >= 11 is 4.74. The number of hydrogen-bond acceptors (Lipinski definition) is 3. The third-order valence-electron chi connectivity index (χ3n) is 2.54. The van der Waals surface area contributed by atoms with Crippen LogP contribution in [0.5, 0.6) is 5.75 Å². The third kappa shape index (κ3) is 3.48. The number of rotatable bonds is 4. The molecule has 2 N–H and O–H groups in total. The van der Waals surface area contributed by atoms with Crippen LogP contribution in [0.2, 0.25) is 0 Å². The molecule has 98 valence electrons. The lowest BCUT2D eigenvalue weighted by Gasteiger charge is -2.08. The van der Waals surface area contributed by atoms with Crippen LogP contribution in [0.1, 0.15) is 16.7 Å². The van der Waals surface area contributed by atoms with Crippen molar-refractivity contribution in [2.24, 2.45) is 5.73 Å². The fourth-order valence-electron chi connectivity index (χ4n) is 1.65. The molecular weight excluding hydrogens is 263 g/mol. The molecule has 0 atom stereocenters. The molecule has 1 aromatic carbocycles. The molecule has 2 rings (SSSR count). The number of aryl methyl sites for hydroxylation is 1. The lowest BCUT2D eigenvalue weighted by molar-refractivity contribution is 0.304. The molecule has 0 aliphatic heterocycles. The standard InChI is InChI=1S/C14H13FN2OS/c1-9-4-10(7-17-6-9)8-18-11-2-3-12(14(16)19)13(15)5-11/h2-7H,8H2,1H3,(H2,16,19). The van der Waals surface area contributed by atoms with Gasteiger partial charge in [0.25, 0.3) is 0 Å². The molecule has 0 saturated carbocycles. The Morgan fingerprint density at radius 3 is 2.79 bits per heavy atom. The molecule has 1 aromatic heterocycles. The van der Waals surface area contributed by atoms with Gasteiger partial charge in [0.15, 0.2) is 0 Å². The highest BCUT2D eigenvalue weighted by Gasteiger charge is 2.06. The molecule has 0 aliphatic rings. The first-order valence-corrected chi connectivity index (χ1v) is 6.10. The van der Waals surface area contributed by atoms with Crippen molar-refractivity contribution in [3.05, 3.63) is 59.2 Å². The molecule has 0 aliphatic carbocycles. The normalized spacial score (nSPS) is 10.2. The number of hydrogen-bond donors (Lipinski definition) is 1. The number of nitrogens with zero attached hydrogens (tertiary/aromatic N) is 1. The maximum atomic E-state index is 13.6. The molecule has 0 unspecified atom stereocenters. The zero-order valence-corrected chi connectivity index (χ0v) is 11.2. The average Bonchev–Trinajstić information content (AvgIpc) is 2.36. The lowest BCUT2D eigenvalue weighted by atomic mass is 10.2. The Morgan fingerprint density at radius 1 is 1.37 bits per heavy atom. The molecule has 3 nitrogen and oxygen atoms in total. The van der Waals surface area contributed by atoms with Gasteiger partial charge >= 0.3 is 0 Å². The van der Waals surface area contributed by atoms with Crippen molar-refractivity contribution in [1.29, 1.82) is 0 Å². The van der Waals surface area contributed by atoms with Gasteiger partial charge in [-0.1, -0.05) is 12.2 Å². The van der Waals surface area contributed by atoms with Crippen molar-refractivity contribution in [1.82, 2.24) is 4.98 Å². The SMILES string of the molecule is Cc1cncc(COc2ccc(C(N)=S)c(F)c2)c1. The summed E-state index contributed by atoms with van der Waals surface area (Å²) in [6, 6.07) is 6.40. The number of benzene rings is 1. The Labute approximate surface area is 116 Å². The van der Waals surface area contributed by atoms with Crippen LogP contribution >= 0.6 is 12.2 Å². The van der Waals surface area contributed by atoms with E-state index in [4.69, 9.17) is 22.7 Å². The number of ether oxygens (including phenoxy) is 1. The number of thiocarbonyl (C=S) groups is 1. The van der Waals surface area contributed by atoms with E-state index in [1.807, 2.05) is 13.0 Å². The van der Waals surface area contributed by atoms with Crippen LogP contribution in [0, 0.1) is 12.7 Å². The van der Waals surface area contributed by atoms with Gasteiger partial charge in [0.2, 0.25) is 0 Å². The average molecular weight is 276 g/mol. The van der Waals surface area contributed by atoms with Gasteiger partial charge in [0.1, 0.15) is 23.2 Å². The van der Waals surface area contributed by atoms with Crippen molar-refractivity contribution in [2.45, 2.75) is 13.5 Å². The minimum atomic E-state index is -0.479. The zero-order chi connectivity index (χ0) is 13.8. The van der Waals surface area contributed by atoms with Gasteiger partial charge in [-0.25, -0.2) is 4.39 Å². The summed E-state index contributed by atoms with van der Waals surface area (Å²) in [5.41, 5.74) is 7.59. The minimum absolute atomic E-state index is 0.0342. The van der Waals surface area contributed by atoms with E-state index in [2.05, 4.69) is 4.98 Å². The van der Waals surface area contributed by atoms with Crippen LogP contribution in [0.4, 0.5) is 4.39 Å². The second-order valence-corrected chi connectivity index (χ2v) is 4.60. The van der Waals surface area contributed by atoms with E-state index in [1.165, 1.54) is 12.1 Å². The van der Waals surface area contributed by atoms with Crippen molar-refractivity contribution < 1.29 is 9.13 Å². The van der Waals surface area contributed by atoms with E-state index < -0.39 is 5.82 Å². The van der Waals surface area contributed by atoms with Crippen molar-refractivity contribution >= 4 is 17.2 Å². The summed E-state index contributed by atoms with van der Waals surface area (Å²) in [5, 5.41) is 0. The maximum absolute atomic E-state index is 13.6. The summed E-state index contributed by atoms with van der Waals surface area (Å²) in [6.07, 6.45) is 3.48. The van der Waals surface area contributed by atoms with Gasteiger partial charge < -0.3 is 10.5 Å². The van der Waals surface area contributed by atoms with Crippen LogP contribution in [0.25, 0.3) is 0 Å². The maximum Gasteiger partial charge on any atom is 0.137 e. The predicted octanol–water partition coefficient (Wildman–Crippen LogP) is 2.74. The summed E-state index contributed by atoms with van der Waals surface area (Å²) < 4.78 is 19.1.